The van der Waals surface area contributed by atoms with Crippen molar-refractivity contribution in [2.45, 2.75) is 23.6 Å². The average Bonchev–Trinajstić information content (AvgIpc) is 2.56. The number of nitrogens with one attached hydrogen (secondary N) is 1. The highest BCUT2D eigenvalue weighted by Crippen LogP contribution is 2.15. The molecule has 2 rings (SSSR count). The van der Waals surface area contributed by atoms with Gasteiger partial charge in [-0.15, -0.1) is 0 Å². The molecule has 0 radical (unpaired) electrons. The molecular weight excluding hydrogens is 366 g/mol. The number of aryl methyl sites for hydroxylation is 2. The highest BCUT2D eigenvalue weighted by molar-refractivity contribution is 7.90. The van der Waals surface area contributed by atoms with E-state index >= 15 is 0 Å². The molecule has 8 nitrogen and oxygen atoms in total. The van der Waals surface area contributed by atoms with E-state index in [1.54, 1.807) is 42.1 Å². The van der Waals surface area contributed by atoms with E-state index < -0.39 is 20.0 Å². The minimum atomic E-state index is -3.84. The molecule has 0 aliphatic heterocycles. The van der Waals surface area contributed by atoms with Crippen molar-refractivity contribution in [2.75, 3.05) is 0 Å². The summed E-state index contributed by atoms with van der Waals surface area (Å²) in [7, 11) is -7.33. The second-order valence-electron chi connectivity index (χ2n) is 4.86. The average molecular weight is 383 g/mol. The van der Waals surface area contributed by atoms with Gasteiger partial charge in [0.1, 0.15) is 0 Å². The molecule has 0 spiro atoms. The Balaban J connectivity index is 0.000000251. The maximum Gasteiger partial charge on any atom is 0.292 e. The molecule has 0 unspecified atom stereocenters. The summed E-state index contributed by atoms with van der Waals surface area (Å²) in [6.45, 7) is 3.51. The van der Waals surface area contributed by atoms with Crippen LogP contribution in [0.1, 0.15) is 11.1 Å². The van der Waals surface area contributed by atoms with Crippen LogP contribution in [-0.2, 0) is 24.8 Å². The predicted molar refractivity (Wildman–Crippen MR) is 92.2 cm³/mol. The lowest BCUT2D eigenvalue weighted by molar-refractivity contribution is 0.563. The van der Waals surface area contributed by atoms with Crippen LogP contribution < -0.4 is 10.7 Å². The molecule has 0 amide bonds. The first-order chi connectivity index (χ1) is 11.6. The van der Waals surface area contributed by atoms with Crippen LogP contribution in [0.5, 0.6) is 0 Å². The fraction of sp³-hybridized carbons (Fsp3) is 0.133. The first-order valence-electron chi connectivity index (χ1n) is 6.83. The molecule has 25 heavy (non-hydrogen) atoms. The van der Waals surface area contributed by atoms with Gasteiger partial charge in [0.15, 0.2) is 0 Å². The topological polar surface area (TPSA) is 136 Å². The highest BCUT2D eigenvalue weighted by Gasteiger charge is 2.14. The van der Waals surface area contributed by atoms with Gasteiger partial charge in [0.25, 0.3) is 26.1 Å². The number of sulfonamides is 2. The normalized spacial score (nSPS) is 11.0. The largest absolute Gasteiger partial charge is 0.292 e. The summed E-state index contributed by atoms with van der Waals surface area (Å²) in [5.74, 6) is 4.84. The van der Waals surface area contributed by atoms with E-state index in [4.69, 9.17) is 5.84 Å². The van der Waals surface area contributed by atoms with Gasteiger partial charge in [0.2, 0.25) is 0 Å². The maximum atomic E-state index is 11.2. The zero-order chi connectivity index (χ0) is 19.1. The van der Waals surface area contributed by atoms with E-state index in [1.807, 2.05) is 6.92 Å². The molecule has 0 aliphatic rings. The third-order valence-electron chi connectivity index (χ3n) is 3.02. The van der Waals surface area contributed by atoms with Crippen LogP contribution in [0.3, 0.4) is 0 Å². The number of nitrogens with zero attached hydrogens (tertiary/aromatic N) is 1. The van der Waals surface area contributed by atoms with Gasteiger partial charge in [-0.05, 0) is 37.6 Å². The molecule has 0 heterocycles. The summed E-state index contributed by atoms with van der Waals surface area (Å²) in [5, 5.41) is 0. The standard InChI is InChI=1S/C8H7NO3S.C7H10N2O2S/c1-7-4-2-3-5-8(7)13(11,12)9-6-10;1-6-2-4-7(5-3-6)12(10,11)9-8/h2-5H,1H3;2-5,9H,8H2,1H3. The van der Waals surface area contributed by atoms with Crippen LogP contribution in [0, 0.1) is 13.8 Å². The van der Waals surface area contributed by atoms with E-state index in [0.29, 0.717) is 5.56 Å². The number of nitrogens with two attached hydrogens (primary N) is 1. The third kappa shape index (κ3) is 5.89. The molecule has 0 aromatic heterocycles. The molecule has 0 bridgehead atoms. The van der Waals surface area contributed by atoms with Crippen LogP contribution in [0.25, 0.3) is 0 Å². The Morgan fingerprint density at radius 3 is 2.00 bits per heavy atom. The smallest absolute Gasteiger partial charge is 0.257 e. The van der Waals surface area contributed by atoms with Gasteiger partial charge < -0.3 is 0 Å². The molecule has 0 saturated heterocycles. The van der Waals surface area contributed by atoms with Crippen molar-refractivity contribution in [3.63, 3.8) is 0 Å². The van der Waals surface area contributed by atoms with E-state index in [0.717, 1.165) is 11.6 Å². The maximum absolute atomic E-state index is 11.2. The summed E-state index contributed by atoms with van der Waals surface area (Å²) < 4.78 is 47.4. The number of isocyanates is 1. The minimum absolute atomic E-state index is 0.0401. The zero-order valence-corrected chi connectivity index (χ0v) is 15.1. The molecular formula is C15H17N3O5S2. The molecule has 0 aliphatic carbocycles. The van der Waals surface area contributed by atoms with Crippen LogP contribution in [0.2, 0.25) is 0 Å². The highest BCUT2D eigenvalue weighted by atomic mass is 32.2. The van der Waals surface area contributed by atoms with Gasteiger partial charge in [-0.3, -0.25) is 5.84 Å². The Hall–Kier alpha value is -2.36. The van der Waals surface area contributed by atoms with Gasteiger partial charge in [-0.1, -0.05) is 40.3 Å². The molecule has 0 saturated carbocycles. The van der Waals surface area contributed by atoms with Crippen molar-refractivity contribution >= 4 is 26.1 Å². The van der Waals surface area contributed by atoms with Crippen LogP contribution in [0.4, 0.5) is 0 Å². The molecule has 134 valence electrons. The van der Waals surface area contributed by atoms with Gasteiger partial charge >= 0.3 is 0 Å². The number of hydrogen-bond acceptors (Lipinski definition) is 6. The molecule has 0 fully saturated rings. The van der Waals surface area contributed by atoms with Crippen LogP contribution in [0.15, 0.2) is 62.7 Å². The van der Waals surface area contributed by atoms with Crippen molar-refractivity contribution in [3.05, 3.63) is 59.7 Å². The second kappa shape index (κ2) is 8.65. The molecule has 2 aromatic rings. The second-order valence-corrected chi connectivity index (χ2v) is 8.14. The summed E-state index contributed by atoms with van der Waals surface area (Å²) in [6, 6.07) is 12.7. The van der Waals surface area contributed by atoms with Crippen molar-refractivity contribution in [1.82, 2.24) is 4.83 Å². The lowest BCUT2D eigenvalue weighted by Gasteiger charge is -2.01. The summed E-state index contributed by atoms with van der Waals surface area (Å²) in [6.07, 6.45) is 1.02. The Morgan fingerprint density at radius 2 is 1.52 bits per heavy atom. The Kier molecular flexibility index (Phi) is 7.16. The van der Waals surface area contributed by atoms with Crippen LogP contribution >= 0.6 is 0 Å². The first-order valence-corrected chi connectivity index (χ1v) is 9.75. The molecule has 10 heteroatoms. The number of hydrogen-bond donors (Lipinski definition) is 2. The quantitative estimate of drug-likeness (QED) is 0.352. The van der Waals surface area contributed by atoms with Crippen molar-refractivity contribution in [3.8, 4) is 0 Å². The summed E-state index contributed by atoms with van der Waals surface area (Å²) in [5.41, 5.74) is 1.56. The first kappa shape index (κ1) is 20.7. The Bertz CT molecular complexity index is 978. The van der Waals surface area contributed by atoms with E-state index in [-0.39, 0.29) is 9.79 Å². The van der Waals surface area contributed by atoms with E-state index in [9.17, 15) is 21.6 Å². The van der Waals surface area contributed by atoms with Crippen molar-refractivity contribution in [2.24, 2.45) is 10.2 Å². The number of carbonyl (C=O) groups excluding carboxylic acids is 1. The third-order valence-corrected chi connectivity index (χ3v) is 5.55. The summed E-state index contributed by atoms with van der Waals surface area (Å²) in [4.78, 5) is 11.8. The minimum Gasteiger partial charge on any atom is -0.257 e. The lowest BCUT2D eigenvalue weighted by Crippen LogP contribution is -2.30. The Morgan fingerprint density at radius 1 is 0.960 bits per heavy atom. The number of benzene rings is 2. The van der Waals surface area contributed by atoms with Crippen molar-refractivity contribution < 1.29 is 21.6 Å². The number of hydrazine groups is 1. The molecule has 0 atom stereocenters. The van der Waals surface area contributed by atoms with E-state index in [2.05, 4.69) is 4.40 Å². The zero-order valence-electron chi connectivity index (χ0n) is 13.5. The van der Waals surface area contributed by atoms with E-state index in [1.165, 1.54) is 18.2 Å². The van der Waals surface area contributed by atoms with Gasteiger partial charge in [-0.25, -0.2) is 13.2 Å². The fourth-order valence-electron chi connectivity index (χ4n) is 1.73. The summed E-state index contributed by atoms with van der Waals surface area (Å²) >= 11 is 0. The van der Waals surface area contributed by atoms with Crippen LogP contribution in [-0.4, -0.2) is 22.9 Å². The van der Waals surface area contributed by atoms with Gasteiger partial charge in [0, 0.05) is 0 Å². The van der Waals surface area contributed by atoms with Gasteiger partial charge in [0.05, 0.1) is 9.79 Å². The lowest BCUT2D eigenvalue weighted by atomic mass is 10.2. The molecule has 2 aromatic carbocycles. The van der Waals surface area contributed by atoms with Crippen molar-refractivity contribution in [1.29, 1.82) is 0 Å². The molecule has 3 N–H and O–H groups in total. The SMILES string of the molecule is Cc1ccc(S(=O)(=O)NN)cc1.Cc1ccccc1S(=O)(=O)N=C=O. The van der Waals surface area contributed by atoms with Gasteiger partial charge in [-0.2, -0.15) is 13.2 Å². The monoisotopic (exact) mass is 383 g/mol. The predicted octanol–water partition coefficient (Wildman–Crippen LogP) is 1.17. The number of rotatable bonds is 4. The fourth-order valence-corrected chi connectivity index (χ4v) is 3.28. The Labute approximate surface area is 146 Å².